The van der Waals surface area contributed by atoms with Crippen molar-refractivity contribution in [2.75, 3.05) is 5.75 Å². The first-order valence-corrected chi connectivity index (χ1v) is 9.90. The van der Waals surface area contributed by atoms with Gasteiger partial charge in [0.15, 0.2) is 5.16 Å². The summed E-state index contributed by atoms with van der Waals surface area (Å²) >= 11 is 2.83. The predicted molar refractivity (Wildman–Crippen MR) is 103 cm³/mol. The lowest BCUT2D eigenvalue weighted by atomic mass is 10.0. The molecule has 0 aliphatic heterocycles. The number of carboxylic acid groups (broad SMARTS) is 1. The van der Waals surface area contributed by atoms with Gasteiger partial charge in [-0.25, -0.2) is 4.98 Å². The van der Waals surface area contributed by atoms with Crippen LogP contribution in [0.5, 0.6) is 0 Å². The summed E-state index contributed by atoms with van der Waals surface area (Å²) in [7, 11) is 0. The molecule has 5 nitrogen and oxygen atoms in total. The molecule has 0 radical (unpaired) electrons. The summed E-state index contributed by atoms with van der Waals surface area (Å²) < 4.78 is 0. The Labute approximate surface area is 153 Å². The summed E-state index contributed by atoms with van der Waals surface area (Å²) in [6.45, 7) is 2.11. The molecule has 130 valence electrons. The van der Waals surface area contributed by atoms with Crippen LogP contribution in [0, 0.1) is 0 Å². The monoisotopic (exact) mass is 374 g/mol. The Bertz CT molecular complexity index is 945. The molecule has 0 fully saturated rings. The lowest BCUT2D eigenvalue weighted by Crippen LogP contribution is -2.08. The Balaban J connectivity index is 1.86. The van der Waals surface area contributed by atoms with Gasteiger partial charge in [0.25, 0.3) is 5.56 Å². The van der Waals surface area contributed by atoms with Crippen LogP contribution in [0.3, 0.4) is 0 Å². The van der Waals surface area contributed by atoms with Crippen molar-refractivity contribution >= 4 is 39.3 Å². The van der Waals surface area contributed by atoms with E-state index in [1.54, 1.807) is 0 Å². The number of rotatable bonds is 7. The minimum Gasteiger partial charge on any atom is -0.481 e. The number of benzene rings is 1. The average molecular weight is 374 g/mol. The number of aromatic nitrogens is 2. The molecule has 3 aromatic rings. The first kappa shape index (κ1) is 17.7. The highest BCUT2D eigenvalue weighted by atomic mass is 32.2. The molecule has 0 saturated carbocycles. The Kier molecular flexibility index (Phi) is 5.55. The third kappa shape index (κ3) is 4.11. The van der Waals surface area contributed by atoms with Crippen LogP contribution in [-0.2, 0) is 11.2 Å². The zero-order chi connectivity index (χ0) is 17.8. The third-order valence-corrected chi connectivity index (χ3v) is 5.70. The highest BCUT2D eigenvalue weighted by Gasteiger charge is 2.13. The average Bonchev–Trinajstić information content (AvgIpc) is 3.03. The first-order valence-electron chi connectivity index (χ1n) is 8.04. The molecule has 2 N–H and O–H groups in total. The predicted octanol–water partition coefficient (Wildman–Crippen LogP) is 4.17. The van der Waals surface area contributed by atoms with Gasteiger partial charge in [0.1, 0.15) is 4.83 Å². The molecule has 0 amide bonds. The SMILES string of the molecule is CCc1ccc(-c2csc3nc(SCCCC(=O)O)[nH]c(=O)c23)cc1. The Morgan fingerprint density at radius 3 is 2.76 bits per heavy atom. The van der Waals surface area contributed by atoms with E-state index < -0.39 is 5.97 Å². The summed E-state index contributed by atoms with van der Waals surface area (Å²) in [5, 5.41) is 11.8. The number of aliphatic carboxylic acids is 1. The summed E-state index contributed by atoms with van der Waals surface area (Å²) in [6, 6.07) is 8.23. The molecule has 2 heterocycles. The number of nitrogens with zero attached hydrogens (tertiary/aromatic N) is 1. The molecule has 2 aromatic heterocycles. The van der Waals surface area contributed by atoms with Gasteiger partial charge in [0.05, 0.1) is 5.39 Å². The van der Waals surface area contributed by atoms with Gasteiger partial charge in [-0.15, -0.1) is 11.3 Å². The summed E-state index contributed by atoms with van der Waals surface area (Å²) in [5.74, 6) is -0.202. The Morgan fingerprint density at radius 2 is 2.08 bits per heavy atom. The number of nitrogens with one attached hydrogen (secondary N) is 1. The molecular weight excluding hydrogens is 356 g/mol. The molecule has 0 aliphatic rings. The number of H-pyrrole nitrogens is 1. The van der Waals surface area contributed by atoms with Crippen LogP contribution in [0.25, 0.3) is 21.3 Å². The van der Waals surface area contributed by atoms with Gasteiger partial charge >= 0.3 is 5.97 Å². The van der Waals surface area contributed by atoms with Crippen LogP contribution < -0.4 is 5.56 Å². The van der Waals surface area contributed by atoms with Gasteiger partial charge in [-0.3, -0.25) is 9.59 Å². The number of carboxylic acids is 1. The van der Waals surface area contributed by atoms with E-state index in [4.69, 9.17) is 5.11 Å². The van der Waals surface area contributed by atoms with E-state index in [9.17, 15) is 9.59 Å². The summed E-state index contributed by atoms with van der Waals surface area (Å²) in [5.41, 5.74) is 3.02. The van der Waals surface area contributed by atoms with Crippen LogP contribution in [0.15, 0.2) is 39.6 Å². The van der Waals surface area contributed by atoms with Crippen molar-refractivity contribution in [3.8, 4) is 11.1 Å². The van der Waals surface area contributed by atoms with Gasteiger partial charge in [-0.2, -0.15) is 0 Å². The molecule has 1 aromatic carbocycles. The molecule has 3 rings (SSSR count). The Morgan fingerprint density at radius 1 is 1.32 bits per heavy atom. The number of aryl methyl sites for hydroxylation is 1. The van der Waals surface area contributed by atoms with Crippen LogP contribution in [0.1, 0.15) is 25.3 Å². The minimum absolute atomic E-state index is 0.121. The zero-order valence-electron chi connectivity index (χ0n) is 13.7. The van der Waals surface area contributed by atoms with Crippen molar-refractivity contribution in [3.63, 3.8) is 0 Å². The second kappa shape index (κ2) is 7.84. The van der Waals surface area contributed by atoms with Crippen LogP contribution >= 0.6 is 23.1 Å². The highest BCUT2D eigenvalue weighted by molar-refractivity contribution is 7.99. The molecule has 0 aliphatic carbocycles. The fourth-order valence-electron chi connectivity index (χ4n) is 2.52. The zero-order valence-corrected chi connectivity index (χ0v) is 15.4. The van der Waals surface area contributed by atoms with Crippen molar-refractivity contribution in [2.24, 2.45) is 0 Å². The molecule has 7 heteroatoms. The van der Waals surface area contributed by atoms with Gasteiger partial charge in [0, 0.05) is 23.1 Å². The maximum Gasteiger partial charge on any atom is 0.303 e. The fourth-order valence-corrected chi connectivity index (χ4v) is 4.33. The molecule has 0 atom stereocenters. The van der Waals surface area contributed by atoms with Gasteiger partial charge in [-0.05, 0) is 24.0 Å². The number of aromatic amines is 1. The van der Waals surface area contributed by atoms with Crippen molar-refractivity contribution in [1.29, 1.82) is 0 Å². The molecule has 0 unspecified atom stereocenters. The largest absolute Gasteiger partial charge is 0.481 e. The minimum atomic E-state index is -0.811. The van der Waals surface area contributed by atoms with E-state index in [0.29, 0.717) is 27.5 Å². The van der Waals surface area contributed by atoms with E-state index in [1.807, 2.05) is 17.5 Å². The topological polar surface area (TPSA) is 83.0 Å². The van der Waals surface area contributed by atoms with Crippen molar-refractivity contribution in [3.05, 3.63) is 45.6 Å². The number of carbonyl (C=O) groups is 1. The summed E-state index contributed by atoms with van der Waals surface area (Å²) in [4.78, 5) is 31.1. The lowest BCUT2D eigenvalue weighted by molar-refractivity contribution is -0.137. The molecule has 25 heavy (non-hydrogen) atoms. The maximum absolute atomic E-state index is 12.5. The fraction of sp³-hybridized carbons (Fsp3) is 0.278. The standard InChI is InChI=1S/C18H18N2O3S2/c1-2-11-5-7-12(8-6-11)13-10-25-17-15(13)16(23)19-18(20-17)24-9-3-4-14(21)22/h5-8,10H,2-4,9H2,1H3,(H,21,22)(H,19,20,23). The van der Waals surface area contributed by atoms with Gasteiger partial charge in [-0.1, -0.05) is 43.0 Å². The number of hydrogen-bond acceptors (Lipinski definition) is 5. The number of fused-ring (bicyclic) bond motifs is 1. The molecular formula is C18H18N2O3S2. The Hall–Kier alpha value is -2.12. The number of thioether (sulfide) groups is 1. The van der Waals surface area contributed by atoms with Crippen molar-refractivity contribution in [1.82, 2.24) is 9.97 Å². The molecule has 0 bridgehead atoms. The third-order valence-electron chi connectivity index (χ3n) is 3.87. The van der Waals surface area contributed by atoms with Crippen LogP contribution in [-0.4, -0.2) is 26.8 Å². The summed E-state index contributed by atoms with van der Waals surface area (Å²) in [6.07, 6.45) is 1.65. The molecule has 0 spiro atoms. The van der Waals surface area contributed by atoms with Crippen molar-refractivity contribution in [2.45, 2.75) is 31.3 Å². The molecule has 0 saturated heterocycles. The van der Waals surface area contributed by atoms with E-state index in [2.05, 4.69) is 29.0 Å². The first-order chi connectivity index (χ1) is 12.1. The van der Waals surface area contributed by atoms with E-state index in [0.717, 1.165) is 17.5 Å². The van der Waals surface area contributed by atoms with Gasteiger partial charge in [0.2, 0.25) is 0 Å². The number of thiophene rings is 1. The smallest absolute Gasteiger partial charge is 0.303 e. The second-order valence-electron chi connectivity index (χ2n) is 5.60. The maximum atomic E-state index is 12.5. The second-order valence-corrected chi connectivity index (χ2v) is 7.54. The van der Waals surface area contributed by atoms with Gasteiger partial charge < -0.3 is 10.1 Å². The van der Waals surface area contributed by atoms with E-state index in [1.165, 1.54) is 28.7 Å². The quantitative estimate of drug-likeness (QED) is 0.368. The van der Waals surface area contributed by atoms with E-state index >= 15 is 0 Å². The lowest BCUT2D eigenvalue weighted by Gasteiger charge is -2.03. The van der Waals surface area contributed by atoms with Crippen LogP contribution in [0.4, 0.5) is 0 Å². The number of hydrogen-bond donors (Lipinski definition) is 2. The highest BCUT2D eigenvalue weighted by Crippen LogP contribution is 2.31. The van der Waals surface area contributed by atoms with Crippen LogP contribution in [0.2, 0.25) is 0 Å². The van der Waals surface area contributed by atoms with E-state index in [-0.39, 0.29) is 12.0 Å². The normalized spacial score (nSPS) is 11.1. The van der Waals surface area contributed by atoms with Crippen molar-refractivity contribution < 1.29 is 9.90 Å².